The van der Waals surface area contributed by atoms with E-state index >= 15 is 0 Å². The monoisotopic (exact) mass is 322 g/mol. The van der Waals surface area contributed by atoms with E-state index in [2.05, 4.69) is 10.2 Å². The van der Waals surface area contributed by atoms with E-state index in [1.165, 1.54) is 32.4 Å². The molecule has 22 heavy (non-hydrogen) atoms. The van der Waals surface area contributed by atoms with Gasteiger partial charge in [-0.3, -0.25) is 4.79 Å². The molecule has 0 spiro atoms. The van der Waals surface area contributed by atoms with E-state index in [0.29, 0.717) is 12.4 Å². The number of piperidine rings is 1. The van der Waals surface area contributed by atoms with Gasteiger partial charge < -0.3 is 15.0 Å². The summed E-state index contributed by atoms with van der Waals surface area (Å²) >= 11 is 1.70. The molecule has 0 aliphatic carbocycles. The van der Waals surface area contributed by atoms with Gasteiger partial charge in [-0.05, 0) is 45.0 Å². The van der Waals surface area contributed by atoms with Gasteiger partial charge in [-0.15, -0.1) is 0 Å². The number of hydrogen-bond donors (Lipinski definition) is 1. The Labute approximate surface area is 137 Å². The van der Waals surface area contributed by atoms with Crippen LogP contribution in [0.25, 0.3) is 0 Å². The van der Waals surface area contributed by atoms with E-state index in [1.807, 2.05) is 31.2 Å². The van der Waals surface area contributed by atoms with Crippen LogP contribution >= 0.6 is 11.8 Å². The number of amides is 1. The number of anilines is 1. The Hall–Kier alpha value is -1.20. The van der Waals surface area contributed by atoms with Gasteiger partial charge in [-0.1, -0.05) is 18.6 Å². The van der Waals surface area contributed by atoms with E-state index < -0.39 is 0 Å². The quantitative estimate of drug-likeness (QED) is 0.746. The highest BCUT2D eigenvalue weighted by Gasteiger charge is 2.10. The van der Waals surface area contributed by atoms with E-state index in [9.17, 15) is 4.79 Å². The summed E-state index contributed by atoms with van der Waals surface area (Å²) in [6.07, 6.45) is 4.00. The molecule has 1 heterocycles. The molecular weight excluding hydrogens is 296 g/mol. The van der Waals surface area contributed by atoms with Gasteiger partial charge in [-0.2, -0.15) is 11.8 Å². The van der Waals surface area contributed by atoms with Crippen molar-refractivity contribution >= 4 is 23.4 Å². The maximum absolute atomic E-state index is 12.0. The Morgan fingerprint density at radius 2 is 2.05 bits per heavy atom. The van der Waals surface area contributed by atoms with Gasteiger partial charge in [-0.25, -0.2) is 0 Å². The van der Waals surface area contributed by atoms with Gasteiger partial charge in [0.2, 0.25) is 5.91 Å². The second kappa shape index (κ2) is 9.74. The number of para-hydroxylation sites is 2. The molecule has 1 N–H and O–H groups in total. The Kier molecular flexibility index (Phi) is 7.60. The van der Waals surface area contributed by atoms with Crippen LogP contribution in [0.2, 0.25) is 0 Å². The summed E-state index contributed by atoms with van der Waals surface area (Å²) in [6, 6.07) is 7.57. The van der Waals surface area contributed by atoms with E-state index in [0.717, 1.165) is 23.7 Å². The minimum atomic E-state index is 0.0378. The third-order valence-corrected chi connectivity index (χ3v) is 4.63. The van der Waals surface area contributed by atoms with Crippen molar-refractivity contribution < 1.29 is 9.53 Å². The Morgan fingerprint density at radius 1 is 1.27 bits per heavy atom. The summed E-state index contributed by atoms with van der Waals surface area (Å²) in [6.45, 7) is 6.06. The highest BCUT2D eigenvalue weighted by Crippen LogP contribution is 2.23. The van der Waals surface area contributed by atoms with Gasteiger partial charge in [0.1, 0.15) is 5.75 Å². The van der Waals surface area contributed by atoms with Crippen LogP contribution in [0.5, 0.6) is 5.75 Å². The number of rotatable bonds is 8. The third kappa shape index (κ3) is 5.89. The summed E-state index contributed by atoms with van der Waals surface area (Å²) in [7, 11) is 0. The molecule has 1 aliphatic heterocycles. The number of hydrogen-bond acceptors (Lipinski definition) is 4. The molecule has 5 heteroatoms. The first-order chi connectivity index (χ1) is 10.8. The molecule has 1 amide bonds. The number of nitrogens with zero attached hydrogens (tertiary/aromatic N) is 1. The molecule has 1 aromatic rings. The highest BCUT2D eigenvalue weighted by molar-refractivity contribution is 7.99. The second-order valence-corrected chi connectivity index (χ2v) is 6.54. The fraction of sp³-hybridized carbons (Fsp3) is 0.588. The van der Waals surface area contributed by atoms with E-state index in [1.54, 1.807) is 11.8 Å². The molecule has 0 atom stereocenters. The first-order valence-corrected chi connectivity index (χ1v) is 9.27. The lowest BCUT2D eigenvalue weighted by molar-refractivity contribution is -0.113. The van der Waals surface area contributed by atoms with Crippen molar-refractivity contribution in [2.45, 2.75) is 26.2 Å². The van der Waals surface area contributed by atoms with Crippen LogP contribution in [0.15, 0.2) is 24.3 Å². The van der Waals surface area contributed by atoms with Crippen LogP contribution in [0.1, 0.15) is 26.2 Å². The van der Waals surface area contributed by atoms with Gasteiger partial charge in [0, 0.05) is 12.3 Å². The van der Waals surface area contributed by atoms with Crippen molar-refractivity contribution in [1.29, 1.82) is 0 Å². The maximum atomic E-state index is 12.0. The molecule has 1 aliphatic rings. The van der Waals surface area contributed by atoms with Crippen molar-refractivity contribution in [2.75, 3.05) is 43.1 Å². The average Bonchev–Trinajstić information content (AvgIpc) is 2.55. The number of carbonyl (C=O) groups excluding carboxylic acids is 1. The molecule has 122 valence electrons. The van der Waals surface area contributed by atoms with Gasteiger partial charge >= 0.3 is 0 Å². The number of nitrogens with one attached hydrogen (secondary N) is 1. The largest absolute Gasteiger partial charge is 0.492 e. The zero-order chi connectivity index (χ0) is 15.6. The second-order valence-electron chi connectivity index (χ2n) is 5.43. The van der Waals surface area contributed by atoms with Crippen LogP contribution in [0.3, 0.4) is 0 Å². The first kappa shape index (κ1) is 17.2. The Morgan fingerprint density at radius 3 is 2.82 bits per heavy atom. The zero-order valence-electron chi connectivity index (χ0n) is 13.3. The average molecular weight is 322 g/mol. The minimum Gasteiger partial charge on any atom is -0.492 e. The Bertz CT molecular complexity index is 462. The predicted octanol–water partition coefficient (Wildman–Crippen LogP) is 3.24. The summed E-state index contributed by atoms with van der Waals surface area (Å²) in [5, 5.41) is 2.94. The number of carbonyl (C=O) groups is 1. The minimum absolute atomic E-state index is 0.0378. The van der Waals surface area contributed by atoms with Gasteiger partial charge in [0.05, 0.1) is 18.0 Å². The standard InChI is InChI=1S/C17H26N2O2S/c1-2-21-16-9-5-4-8-15(16)18-17(20)14-22-13-12-19-10-6-3-7-11-19/h4-5,8-9H,2-3,6-7,10-14H2,1H3,(H,18,20). The van der Waals surface area contributed by atoms with Crippen LogP contribution < -0.4 is 10.1 Å². The molecule has 4 nitrogen and oxygen atoms in total. The number of ether oxygens (including phenoxy) is 1. The van der Waals surface area contributed by atoms with Gasteiger partial charge in [0.15, 0.2) is 0 Å². The molecule has 0 unspecified atom stereocenters. The summed E-state index contributed by atoms with van der Waals surface area (Å²) in [5.41, 5.74) is 0.756. The van der Waals surface area contributed by atoms with Crippen LogP contribution in [0.4, 0.5) is 5.69 Å². The van der Waals surface area contributed by atoms with Crippen molar-refractivity contribution in [3.63, 3.8) is 0 Å². The summed E-state index contributed by atoms with van der Waals surface area (Å²) < 4.78 is 5.51. The smallest absolute Gasteiger partial charge is 0.234 e. The van der Waals surface area contributed by atoms with E-state index in [4.69, 9.17) is 4.74 Å². The van der Waals surface area contributed by atoms with Crippen molar-refractivity contribution in [3.8, 4) is 5.75 Å². The van der Waals surface area contributed by atoms with Crippen LogP contribution in [0, 0.1) is 0 Å². The first-order valence-electron chi connectivity index (χ1n) is 8.11. The number of likely N-dealkylation sites (tertiary alicyclic amines) is 1. The molecule has 1 aromatic carbocycles. The molecule has 0 aromatic heterocycles. The van der Waals surface area contributed by atoms with E-state index in [-0.39, 0.29) is 5.91 Å². The maximum Gasteiger partial charge on any atom is 0.234 e. The molecular formula is C17H26N2O2S. The summed E-state index contributed by atoms with van der Waals surface area (Å²) in [5.74, 6) is 2.28. The molecule has 0 bridgehead atoms. The van der Waals surface area contributed by atoms with Crippen molar-refractivity contribution in [1.82, 2.24) is 4.90 Å². The molecule has 2 rings (SSSR count). The number of benzene rings is 1. The molecule has 0 saturated carbocycles. The third-order valence-electron chi connectivity index (χ3n) is 3.69. The Balaban J connectivity index is 1.67. The van der Waals surface area contributed by atoms with Crippen LogP contribution in [-0.2, 0) is 4.79 Å². The lowest BCUT2D eigenvalue weighted by atomic mass is 10.1. The van der Waals surface area contributed by atoms with Crippen molar-refractivity contribution in [2.24, 2.45) is 0 Å². The zero-order valence-corrected chi connectivity index (χ0v) is 14.2. The lowest BCUT2D eigenvalue weighted by Gasteiger charge is -2.25. The normalized spacial score (nSPS) is 15.5. The SMILES string of the molecule is CCOc1ccccc1NC(=O)CSCCN1CCCCC1. The van der Waals surface area contributed by atoms with Gasteiger partial charge in [0.25, 0.3) is 0 Å². The summed E-state index contributed by atoms with van der Waals surface area (Å²) in [4.78, 5) is 14.5. The topological polar surface area (TPSA) is 41.6 Å². The number of thioether (sulfide) groups is 1. The van der Waals surface area contributed by atoms with Crippen molar-refractivity contribution in [3.05, 3.63) is 24.3 Å². The predicted molar refractivity (Wildman–Crippen MR) is 93.9 cm³/mol. The highest BCUT2D eigenvalue weighted by atomic mass is 32.2. The molecule has 0 radical (unpaired) electrons. The lowest BCUT2D eigenvalue weighted by Crippen LogP contribution is -2.31. The fourth-order valence-corrected chi connectivity index (χ4v) is 3.37. The molecule has 1 fully saturated rings. The molecule has 1 saturated heterocycles. The fourth-order valence-electron chi connectivity index (χ4n) is 2.58. The van der Waals surface area contributed by atoms with Crippen LogP contribution in [-0.4, -0.2) is 48.6 Å².